The molecule has 0 aliphatic carbocycles. The van der Waals surface area contributed by atoms with Crippen LogP contribution in [0.3, 0.4) is 0 Å². The molecule has 0 bridgehead atoms. The van der Waals surface area contributed by atoms with E-state index in [-0.39, 0.29) is 26.5 Å². The van der Waals surface area contributed by atoms with Crippen molar-refractivity contribution in [2.75, 3.05) is 9.80 Å². The Bertz CT molecular complexity index is 2270. The quantitative estimate of drug-likeness (QED) is 0.162. The molecule has 0 saturated carbocycles. The number of para-hydroxylation sites is 2. The third-order valence-corrected chi connectivity index (χ3v) is 8.99. The van der Waals surface area contributed by atoms with Gasteiger partial charge in [0.25, 0.3) is 0 Å². The van der Waals surface area contributed by atoms with Crippen LogP contribution in [0.1, 0.15) is 37.5 Å². The first-order chi connectivity index (χ1) is 22.7. The van der Waals surface area contributed by atoms with Crippen LogP contribution < -0.4 is 14.5 Å². The third-order valence-electron chi connectivity index (χ3n) is 8.99. The van der Waals surface area contributed by atoms with Gasteiger partial charge in [-0.2, -0.15) is 6.07 Å². The van der Waals surface area contributed by atoms with Crippen molar-refractivity contribution in [3.8, 4) is 17.3 Å². The Hall–Kier alpha value is -4.86. The molecule has 0 N–H and O–H groups in total. The average Bonchev–Trinajstić information content (AvgIpc) is 3.60. The molecule has 0 spiro atoms. The van der Waals surface area contributed by atoms with Gasteiger partial charge in [-0.15, -0.1) is 53.6 Å². The summed E-state index contributed by atoms with van der Waals surface area (Å²) < 4.78 is 8.80. The number of nitrogens with zero attached hydrogens (tertiary/aromatic N) is 4. The molecule has 0 fully saturated rings. The second-order valence-electron chi connectivity index (χ2n) is 13.2. The topological polar surface area (TPSA) is 33.5 Å². The Morgan fingerprint density at radius 3 is 2.12 bits per heavy atom. The maximum atomic E-state index is 6.65. The molecule has 5 nitrogen and oxygen atoms in total. The molecule has 7 aromatic rings. The molecule has 0 radical (unpaired) electrons. The molecule has 0 atom stereocenters. The SMILES string of the molecule is Cc1cc2c(cc1C)N(c1ccccc1)[CH-]N2c1[c-]c(Oc2[c-]c3c(cc2)c2ccccc2n3-c2ccccn2)cc(C(C)(C)C)c1.[Pt]. The summed E-state index contributed by atoms with van der Waals surface area (Å²) in [7, 11) is 0. The molecular formula is C42H35N4OPt-3. The number of ether oxygens (including phenoxy) is 1. The zero-order valence-electron chi connectivity index (χ0n) is 27.6. The summed E-state index contributed by atoms with van der Waals surface area (Å²) in [6.07, 6.45) is 1.82. The summed E-state index contributed by atoms with van der Waals surface area (Å²) >= 11 is 0. The average molecular weight is 807 g/mol. The molecule has 3 heterocycles. The zero-order valence-corrected chi connectivity index (χ0v) is 29.8. The van der Waals surface area contributed by atoms with Crippen LogP contribution in [0.25, 0.3) is 27.6 Å². The van der Waals surface area contributed by atoms with E-state index in [0.717, 1.165) is 55.9 Å². The van der Waals surface area contributed by atoms with E-state index in [4.69, 9.17) is 4.74 Å². The van der Waals surface area contributed by atoms with Crippen LogP contribution in [0.4, 0.5) is 22.7 Å². The van der Waals surface area contributed by atoms with E-state index in [9.17, 15) is 0 Å². The van der Waals surface area contributed by atoms with Crippen molar-refractivity contribution in [3.63, 3.8) is 0 Å². The maximum Gasteiger partial charge on any atom is 0.135 e. The molecule has 1 aliphatic rings. The number of benzene rings is 5. The first-order valence-corrected chi connectivity index (χ1v) is 16.0. The molecule has 48 heavy (non-hydrogen) atoms. The van der Waals surface area contributed by atoms with Gasteiger partial charge < -0.3 is 19.1 Å². The summed E-state index contributed by atoms with van der Waals surface area (Å²) in [5, 5.41) is 2.25. The van der Waals surface area contributed by atoms with Gasteiger partial charge in [0.15, 0.2) is 0 Å². The summed E-state index contributed by atoms with van der Waals surface area (Å²) in [4.78, 5) is 9.14. The van der Waals surface area contributed by atoms with Gasteiger partial charge in [0.1, 0.15) is 5.82 Å². The molecule has 0 amide bonds. The van der Waals surface area contributed by atoms with Crippen LogP contribution in [0.5, 0.6) is 11.5 Å². The minimum Gasteiger partial charge on any atom is -0.509 e. The number of hydrogen-bond donors (Lipinski definition) is 0. The molecule has 6 heteroatoms. The van der Waals surface area contributed by atoms with Crippen molar-refractivity contribution in [1.29, 1.82) is 0 Å². The smallest absolute Gasteiger partial charge is 0.135 e. The largest absolute Gasteiger partial charge is 0.509 e. The van der Waals surface area contributed by atoms with Crippen LogP contribution in [0, 0.1) is 32.6 Å². The number of hydrogen-bond acceptors (Lipinski definition) is 4. The Morgan fingerprint density at radius 2 is 1.40 bits per heavy atom. The molecule has 0 saturated heterocycles. The monoisotopic (exact) mass is 806 g/mol. The molecule has 8 rings (SSSR count). The molecular weight excluding hydrogens is 772 g/mol. The van der Waals surface area contributed by atoms with Crippen molar-refractivity contribution in [2.24, 2.45) is 0 Å². The third kappa shape index (κ3) is 5.56. The van der Waals surface area contributed by atoms with Gasteiger partial charge in [0, 0.05) is 61.3 Å². The first kappa shape index (κ1) is 31.7. The number of anilines is 4. The van der Waals surface area contributed by atoms with Crippen LogP contribution >= 0.6 is 0 Å². The van der Waals surface area contributed by atoms with Crippen LogP contribution in [-0.2, 0) is 26.5 Å². The summed E-state index contributed by atoms with van der Waals surface area (Å²) in [5.41, 5.74) is 9.80. The van der Waals surface area contributed by atoms with Crippen molar-refractivity contribution < 1.29 is 25.8 Å². The first-order valence-electron chi connectivity index (χ1n) is 16.0. The van der Waals surface area contributed by atoms with Crippen molar-refractivity contribution in [3.05, 3.63) is 151 Å². The van der Waals surface area contributed by atoms with Crippen LogP contribution in [-0.4, -0.2) is 9.55 Å². The van der Waals surface area contributed by atoms with Crippen LogP contribution in [0.2, 0.25) is 0 Å². The van der Waals surface area contributed by atoms with Gasteiger partial charge in [-0.05, 0) is 78.2 Å². The van der Waals surface area contributed by atoms with E-state index in [1.807, 2.05) is 36.5 Å². The molecule has 5 aromatic carbocycles. The standard InChI is InChI=1S/C42H35N4O.Pt/c1-28-21-39-40(22-29(28)2)45(27-44(39)31-13-7-6-8-14-31)32-23-30(42(3,4)5)24-34(25-32)47-33-18-19-36-35-15-9-10-16-37(35)46(38(36)26-33)41-17-11-12-20-43-41;/h6-24,27H,1-5H3;/q-3;. The number of pyridine rings is 1. The fourth-order valence-corrected chi connectivity index (χ4v) is 6.32. The van der Waals surface area contributed by atoms with Crippen LogP contribution in [0.15, 0.2) is 115 Å². The fourth-order valence-electron chi connectivity index (χ4n) is 6.32. The van der Waals surface area contributed by atoms with Gasteiger partial charge in [-0.1, -0.05) is 68.8 Å². The molecule has 1 aliphatic heterocycles. The molecule has 242 valence electrons. The summed E-state index contributed by atoms with van der Waals surface area (Å²) in [6.45, 7) is 13.2. The molecule has 2 aromatic heterocycles. The minimum absolute atomic E-state index is 0. The second kappa shape index (κ2) is 12.3. The summed E-state index contributed by atoms with van der Waals surface area (Å²) in [5.74, 6) is 2.10. The van der Waals surface area contributed by atoms with E-state index in [0.29, 0.717) is 11.5 Å². The Morgan fingerprint density at radius 1 is 0.688 bits per heavy atom. The Kier molecular flexibility index (Phi) is 8.13. The predicted molar refractivity (Wildman–Crippen MR) is 192 cm³/mol. The predicted octanol–water partition coefficient (Wildman–Crippen LogP) is 10.9. The van der Waals surface area contributed by atoms with E-state index in [2.05, 4.69) is 152 Å². The van der Waals surface area contributed by atoms with Gasteiger partial charge in [-0.3, -0.25) is 0 Å². The minimum atomic E-state index is -0.119. The van der Waals surface area contributed by atoms with Crippen molar-refractivity contribution >= 4 is 44.6 Å². The van der Waals surface area contributed by atoms with E-state index < -0.39 is 0 Å². The van der Waals surface area contributed by atoms with Crippen molar-refractivity contribution in [2.45, 2.75) is 40.0 Å². The number of rotatable bonds is 5. The van der Waals surface area contributed by atoms with E-state index in [1.54, 1.807) is 0 Å². The molecule has 0 unspecified atom stereocenters. The second-order valence-corrected chi connectivity index (χ2v) is 13.2. The number of aryl methyl sites for hydroxylation is 2. The fraction of sp³-hybridized carbons (Fsp3) is 0.143. The van der Waals surface area contributed by atoms with Gasteiger partial charge >= 0.3 is 0 Å². The van der Waals surface area contributed by atoms with E-state index >= 15 is 0 Å². The van der Waals surface area contributed by atoms with Gasteiger partial charge in [0.2, 0.25) is 0 Å². The number of fused-ring (bicyclic) bond motifs is 4. The van der Waals surface area contributed by atoms with E-state index in [1.165, 1.54) is 11.1 Å². The zero-order chi connectivity index (χ0) is 32.3. The Balaban J connectivity index is 0.00000364. The van der Waals surface area contributed by atoms with Crippen molar-refractivity contribution in [1.82, 2.24) is 9.55 Å². The van der Waals surface area contributed by atoms with Gasteiger partial charge in [-0.25, -0.2) is 4.98 Å². The number of aromatic nitrogens is 2. The summed E-state index contributed by atoms with van der Waals surface area (Å²) in [6, 6.07) is 45.0. The van der Waals surface area contributed by atoms with Gasteiger partial charge in [0.05, 0.1) is 0 Å². The normalized spacial score (nSPS) is 12.8. The Labute approximate surface area is 296 Å². The maximum absolute atomic E-state index is 6.65.